The van der Waals surface area contributed by atoms with E-state index in [0.717, 1.165) is 12.3 Å². The van der Waals surface area contributed by atoms with Crippen LogP contribution in [-0.2, 0) is 0 Å². The molecule has 2 saturated carbocycles. The molecule has 2 aliphatic carbocycles. The van der Waals surface area contributed by atoms with Crippen LogP contribution in [0.15, 0.2) is 12.4 Å². The molecule has 2 aromatic rings. The average Bonchev–Trinajstić information content (AvgIpc) is 3.15. The van der Waals surface area contributed by atoms with Crippen molar-refractivity contribution in [2.24, 2.45) is 17.3 Å². The van der Waals surface area contributed by atoms with Gasteiger partial charge in [-0.2, -0.15) is 0 Å². The second-order valence-corrected chi connectivity index (χ2v) is 6.78. The van der Waals surface area contributed by atoms with Crippen molar-refractivity contribution in [1.82, 2.24) is 15.0 Å². The maximum Gasteiger partial charge on any atom is 0.172 e. The normalized spacial score (nSPS) is 31.7. The van der Waals surface area contributed by atoms with Gasteiger partial charge in [0, 0.05) is 23.4 Å². The van der Waals surface area contributed by atoms with Crippen LogP contribution in [0.2, 0.25) is 0 Å². The van der Waals surface area contributed by atoms with Crippen molar-refractivity contribution in [3.63, 3.8) is 0 Å². The molecule has 5 heteroatoms. The molecule has 0 saturated heterocycles. The van der Waals surface area contributed by atoms with Gasteiger partial charge in [-0.1, -0.05) is 19.8 Å². The number of hydrogen-bond donors (Lipinski definition) is 1. The van der Waals surface area contributed by atoms with Gasteiger partial charge >= 0.3 is 0 Å². The first-order valence-corrected chi connectivity index (χ1v) is 7.74. The molecule has 3 atom stereocenters. The molecular weight excluding hydrogens is 261 g/mol. The molecule has 1 N–H and O–H groups in total. The summed E-state index contributed by atoms with van der Waals surface area (Å²) in [6.07, 6.45) is 9.17. The highest BCUT2D eigenvalue weighted by molar-refractivity contribution is 6.31. The van der Waals surface area contributed by atoms with Crippen LogP contribution in [0.5, 0.6) is 0 Å². The van der Waals surface area contributed by atoms with E-state index in [1.54, 1.807) is 6.20 Å². The number of aromatic amines is 1. The summed E-state index contributed by atoms with van der Waals surface area (Å²) in [4.78, 5) is 24.7. The SMILES string of the molecule is [B]c1cnc2[nH]cc(C(=O)C3(C)CC[C@@H]4CCC[C@@H]43)c2n1. The second kappa shape index (κ2) is 4.42. The van der Waals surface area contributed by atoms with E-state index in [2.05, 4.69) is 21.9 Å². The fourth-order valence-corrected chi connectivity index (χ4v) is 4.56. The zero-order chi connectivity index (χ0) is 14.6. The number of aromatic nitrogens is 3. The Morgan fingerprint density at radius 2 is 2.29 bits per heavy atom. The number of H-pyrrole nitrogens is 1. The van der Waals surface area contributed by atoms with E-state index < -0.39 is 0 Å². The minimum atomic E-state index is -0.247. The van der Waals surface area contributed by atoms with Crippen molar-refractivity contribution >= 4 is 30.4 Å². The smallest absolute Gasteiger partial charge is 0.172 e. The summed E-state index contributed by atoms with van der Waals surface area (Å²) in [6.45, 7) is 2.14. The largest absolute Gasteiger partial charge is 0.344 e. The third-order valence-corrected chi connectivity index (χ3v) is 5.67. The molecule has 21 heavy (non-hydrogen) atoms. The zero-order valence-electron chi connectivity index (χ0n) is 12.2. The van der Waals surface area contributed by atoms with Crippen LogP contribution in [0, 0.1) is 17.3 Å². The van der Waals surface area contributed by atoms with E-state index in [9.17, 15) is 4.79 Å². The van der Waals surface area contributed by atoms with Crippen molar-refractivity contribution < 1.29 is 4.79 Å². The number of ketones is 1. The van der Waals surface area contributed by atoms with Crippen LogP contribution in [0.4, 0.5) is 0 Å². The number of Topliss-reactive ketones (excluding diaryl/α,β-unsaturated/α-hetero) is 1. The number of carbonyl (C=O) groups is 1. The maximum atomic E-state index is 13.2. The molecule has 0 aromatic carbocycles. The molecule has 2 aliphatic rings. The summed E-state index contributed by atoms with van der Waals surface area (Å²) in [6, 6.07) is 0. The summed E-state index contributed by atoms with van der Waals surface area (Å²) >= 11 is 0. The second-order valence-electron chi connectivity index (χ2n) is 6.78. The predicted molar refractivity (Wildman–Crippen MR) is 81.8 cm³/mol. The van der Waals surface area contributed by atoms with Gasteiger partial charge in [0.2, 0.25) is 0 Å². The monoisotopic (exact) mass is 279 g/mol. The van der Waals surface area contributed by atoms with Crippen LogP contribution in [0.1, 0.15) is 49.4 Å². The van der Waals surface area contributed by atoms with Gasteiger partial charge in [-0.3, -0.25) is 9.78 Å². The van der Waals surface area contributed by atoms with Gasteiger partial charge in [-0.25, -0.2) is 4.98 Å². The summed E-state index contributed by atoms with van der Waals surface area (Å²) in [7, 11) is 5.73. The molecule has 4 nitrogen and oxygen atoms in total. The highest BCUT2D eigenvalue weighted by Gasteiger charge is 2.51. The Kier molecular flexibility index (Phi) is 2.75. The van der Waals surface area contributed by atoms with E-state index in [-0.39, 0.29) is 11.2 Å². The molecule has 0 amide bonds. The van der Waals surface area contributed by atoms with Gasteiger partial charge in [-0.15, -0.1) is 0 Å². The molecule has 2 aromatic heterocycles. The fraction of sp³-hybridized carbons (Fsp3) is 0.562. The number of nitrogens with one attached hydrogen (secondary N) is 1. The summed E-state index contributed by atoms with van der Waals surface area (Å²) in [5.41, 5.74) is 2.01. The van der Waals surface area contributed by atoms with Crippen LogP contribution >= 0.6 is 0 Å². The Labute approximate surface area is 125 Å². The number of fused-ring (bicyclic) bond motifs is 2. The van der Waals surface area contributed by atoms with Gasteiger partial charge in [0.1, 0.15) is 13.4 Å². The number of nitrogens with zero attached hydrogens (tertiary/aromatic N) is 2. The fourth-order valence-electron chi connectivity index (χ4n) is 4.56. The van der Waals surface area contributed by atoms with Gasteiger partial charge in [0.25, 0.3) is 0 Å². The highest BCUT2D eigenvalue weighted by Crippen LogP contribution is 2.56. The van der Waals surface area contributed by atoms with E-state index in [0.29, 0.717) is 28.2 Å². The van der Waals surface area contributed by atoms with E-state index in [1.807, 2.05) is 0 Å². The van der Waals surface area contributed by atoms with Gasteiger partial charge in [0.05, 0.1) is 5.56 Å². The summed E-state index contributed by atoms with van der Waals surface area (Å²) < 4.78 is 0. The molecule has 1 unspecified atom stereocenters. The third kappa shape index (κ3) is 1.79. The van der Waals surface area contributed by atoms with Crippen molar-refractivity contribution in [2.75, 3.05) is 0 Å². The molecule has 2 heterocycles. The highest BCUT2D eigenvalue weighted by atomic mass is 16.1. The third-order valence-electron chi connectivity index (χ3n) is 5.67. The van der Waals surface area contributed by atoms with E-state index >= 15 is 0 Å². The first kappa shape index (κ1) is 13.0. The molecule has 0 aliphatic heterocycles. The van der Waals surface area contributed by atoms with Gasteiger partial charge < -0.3 is 4.98 Å². The van der Waals surface area contributed by atoms with E-state index in [1.165, 1.54) is 31.9 Å². The molecule has 4 rings (SSSR count). The first-order chi connectivity index (χ1) is 10.1. The van der Waals surface area contributed by atoms with Crippen molar-refractivity contribution in [2.45, 2.75) is 39.0 Å². The zero-order valence-corrected chi connectivity index (χ0v) is 12.2. The van der Waals surface area contributed by atoms with Crippen molar-refractivity contribution in [1.29, 1.82) is 0 Å². The maximum absolute atomic E-state index is 13.2. The minimum Gasteiger partial charge on any atom is -0.344 e. The number of carbonyl (C=O) groups excluding carboxylic acids is 1. The minimum absolute atomic E-state index is 0.211. The topological polar surface area (TPSA) is 58.6 Å². The first-order valence-electron chi connectivity index (χ1n) is 7.74. The molecule has 2 fully saturated rings. The Balaban J connectivity index is 1.78. The predicted octanol–water partition coefficient (Wildman–Crippen LogP) is 2.15. The van der Waals surface area contributed by atoms with Crippen molar-refractivity contribution in [3.05, 3.63) is 18.0 Å². The average molecular weight is 279 g/mol. The molecule has 0 spiro atoms. The molecule has 0 bridgehead atoms. The lowest BCUT2D eigenvalue weighted by Crippen LogP contribution is -2.32. The standard InChI is InChI=1S/C16H18BN3O/c1-16(6-5-9-3-2-4-11(9)16)14(21)10-7-18-15-13(10)20-12(17)8-19-15/h7-9,11H,2-6H2,1H3,(H,18,19)/t9-,11-,16?/m0/s1. The molecule has 2 radical (unpaired) electrons. The van der Waals surface area contributed by atoms with Gasteiger partial charge in [-0.05, 0) is 31.1 Å². The molecular formula is C16H18BN3O. The lowest BCUT2D eigenvalue weighted by Gasteiger charge is -2.29. The van der Waals surface area contributed by atoms with Crippen LogP contribution in [0.3, 0.4) is 0 Å². The van der Waals surface area contributed by atoms with Crippen molar-refractivity contribution in [3.8, 4) is 0 Å². The Morgan fingerprint density at radius 1 is 1.43 bits per heavy atom. The quantitative estimate of drug-likeness (QED) is 0.677. The lowest BCUT2D eigenvalue weighted by molar-refractivity contribution is 0.0742. The summed E-state index contributed by atoms with van der Waals surface area (Å²) in [5, 5.41) is 0. The van der Waals surface area contributed by atoms with Crippen LogP contribution < -0.4 is 5.59 Å². The Hall–Kier alpha value is -1.65. The lowest BCUT2D eigenvalue weighted by atomic mass is 9.73. The van der Waals surface area contributed by atoms with Crippen LogP contribution in [0.25, 0.3) is 11.2 Å². The van der Waals surface area contributed by atoms with Crippen LogP contribution in [-0.4, -0.2) is 28.6 Å². The van der Waals surface area contributed by atoms with Gasteiger partial charge in [0.15, 0.2) is 11.4 Å². The summed E-state index contributed by atoms with van der Waals surface area (Å²) in [5.74, 6) is 1.48. The number of rotatable bonds is 2. The Morgan fingerprint density at radius 3 is 3.14 bits per heavy atom. The molecule has 106 valence electrons. The number of hydrogen-bond acceptors (Lipinski definition) is 3. The van der Waals surface area contributed by atoms with E-state index in [4.69, 9.17) is 7.85 Å². The Bertz CT molecular complexity index is 725.